The van der Waals surface area contributed by atoms with Crippen LogP contribution in [0.3, 0.4) is 0 Å². The van der Waals surface area contributed by atoms with Crippen molar-refractivity contribution >= 4 is 15.9 Å². The molecule has 0 aromatic heterocycles. The van der Waals surface area contributed by atoms with E-state index in [9.17, 15) is 5.11 Å². The van der Waals surface area contributed by atoms with Crippen molar-refractivity contribution in [2.24, 2.45) is 11.3 Å². The molecule has 20 heavy (non-hydrogen) atoms. The Bertz CT molecular complexity index is 439. The van der Waals surface area contributed by atoms with Gasteiger partial charge in [-0.3, -0.25) is 0 Å². The van der Waals surface area contributed by atoms with Crippen LogP contribution in [-0.2, 0) is 6.54 Å². The van der Waals surface area contributed by atoms with Crippen molar-refractivity contribution in [2.45, 2.75) is 52.5 Å². The fourth-order valence-electron chi connectivity index (χ4n) is 3.58. The van der Waals surface area contributed by atoms with Gasteiger partial charge in [-0.05, 0) is 64.2 Å². The Morgan fingerprint density at radius 3 is 2.60 bits per heavy atom. The highest BCUT2D eigenvalue weighted by atomic mass is 79.9. The molecule has 0 bridgehead atoms. The molecular formula is C17H26BrNO. The van der Waals surface area contributed by atoms with Crippen LogP contribution in [0.5, 0.6) is 5.75 Å². The van der Waals surface area contributed by atoms with Crippen molar-refractivity contribution < 1.29 is 5.11 Å². The molecule has 3 heteroatoms. The normalized spacial score (nSPS) is 17.8. The maximum atomic E-state index is 9.51. The van der Waals surface area contributed by atoms with Crippen LogP contribution in [0.25, 0.3) is 0 Å². The molecule has 0 unspecified atom stereocenters. The van der Waals surface area contributed by atoms with E-state index in [1.54, 1.807) is 6.07 Å². The summed E-state index contributed by atoms with van der Waals surface area (Å²) >= 11 is 3.37. The van der Waals surface area contributed by atoms with Gasteiger partial charge in [-0.1, -0.05) is 32.8 Å². The van der Waals surface area contributed by atoms with E-state index in [1.165, 1.54) is 37.7 Å². The van der Waals surface area contributed by atoms with Gasteiger partial charge in [0, 0.05) is 13.1 Å². The fraction of sp³-hybridized carbons (Fsp3) is 0.647. The van der Waals surface area contributed by atoms with Crippen molar-refractivity contribution in [1.29, 1.82) is 0 Å². The highest BCUT2D eigenvalue weighted by molar-refractivity contribution is 9.10. The predicted octanol–water partition coefficient (Wildman–Crippen LogP) is 4.85. The van der Waals surface area contributed by atoms with Crippen LogP contribution in [0.15, 0.2) is 22.7 Å². The molecule has 1 aromatic rings. The number of phenolic OH excluding ortho intramolecular Hbond substituents is 1. The third-order valence-corrected chi connectivity index (χ3v) is 4.98. The van der Waals surface area contributed by atoms with E-state index < -0.39 is 0 Å². The minimum atomic E-state index is 0.306. The van der Waals surface area contributed by atoms with Gasteiger partial charge in [0.15, 0.2) is 0 Å². The molecule has 1 aliphatic rings. The number of aromatic hydroxyl groups is 1. The van der Waals surface area contributed by atoms with E-state index in [0.717, 1.165) is 23.5 Å². The monoisotopic (exact) mass is 339 g/mol. The fourth-order valence-corrected chi connectivity index (χ4v) is 4.00. The first kappa shape index (κ1) is 15.8. The smallest absolute Gasteiger partial charge is 0.129 e. The van der Waals surface area contributed by atoms with Crippen LogP contribution in [0.1, 0.15) is 51.5 Å². The van der Waals surface area contributed by atoms with Gasteiger partial charge in [0.2, 0.25) is 0 Å². The molecule has 2 nitrogen and oxygen atoms in total. The zero-order chi connectivity index (χ0) is 14.6. The van der Waals surface area contributed by atoms with Crippen molar-refractivity contribution in [3.05, 3.63) is 28.2 Å². The van der Waals surface area contributed by atoms with E-state index in [0.29, 0.717) is 11.2 Å². The summed E-state index contributed by atoms with van der Waals surface area (Å²) in [6, 6.07) is 5.73. The zero-order valence-electron chi connectivity index (χ0n) is 12.6. The second kappa shape index (κ2) is 6.95. The molecule has 0 amide bonds. The van der Waals surface area contributed by atoms with Gasteiger partial charge in [0.05, 0.1) is 4.47 Å². The van der Waals surface area contributed by atoms with Crippen molar-refractivity contribution in [3.8, 4) is 5.75 Å². The summed E-state index contributed by atoms with van der Waals surface area (Å²) in [4.78, 5) is 0. The summed E-state index contributed by atoms with van der Waals surface area (Å²) in [6.07, 6.45) is 6.85. The van der Waals surface area contributed by atoms with Crippen molar-refractivity contribution in [3.63, 3.8) is 0 Å². The number of hydrogen-bond donors (Lipinski definition) is 2. The first-order valence-electron chi connectivity index (χ1n) is 7.69. The Morgan fingerprint density at radius 2 is 2.00 bits per heavy atom. The van der Waals surface area contributed by atoms with Crippen LogP contribution < -0.4 is 5.32 Å². The Labute approximate surface area is 131 Å². The van der Waals surface area contributed by atoms with Crippen LogP contribution in [0.4, 0.5) is 0 Å². The van der Waals surface area contributed by atoms with E-state index in [4.69, 9.17) is 0 Å². The lowest BCUT2D eigenvalue weighted by Crippen LogP contribution is -2.33. The lowest BCUT2D eigenvalue weighted by Gasteiger charge is -2.31. The zero-order valence-corrected chi connectivity index (χ0v) is 14.2. The molecule has 0 spiro atoms. The Kier molecular flexibility index (Phi) is 5.50. The number of benzene rings is 1. The highest BCUT2D eigenvalue weighted by Gasteiger charge is 2.33. The Hall–Kier alpha value is -0.540. The third-order valence-electron chi connectivity index (χ3n) is 4.35. The summed E-state index contributed by atoms with van der Waals surface area (Å²) < 4.78 is 0.773. The molecule has 1 aromatic carbocycles. The number of nitrogens with one attached hydrogen (secondary N) is 1. The quantitative estimate of drug-likeness (QED) is 0.776. The first-order valence-corrected chi connectivity index (χ1v) is 8.48. The predicted molar refractivity (Wildman–Crippen MR) is 87.9 cm³/mol. The van der Waals surface area contributed by atoms with Gasteiger partial charge < -0.3 is 10.4 Å². The van der Waals surface area contributed by atoms with Crippen molar-refractivity contribution in [2.75, 3.05) is 6.54 Å². The summed E-state index contributed by atoms with van der Waals surface area (Å²) in [6.45, 7) is 6.65. The Morgan fingerprint density at radius 1 is 1.30 bits per heavy atom. The molecular weight excluding hydrogens is 314 g/mol. The third kappa shape index (κ3) is 4.23. The van der Waals surface area contributed by atoms with E-state index in [1.807, 2.05) is 12.1 Å². The molecule has 0 radical (unpaired) electrons. The average Bonchev–Trinajstić information content (AvgIpc) is 2.81. The summed E-state index contributed by atoms with van der Waals surface area (Å²) in [7, 11) is 0. The van der Waals surface area contributed by atoms with E-state index >= 15 is 0 Å². The van der Waals surface area contributed by atoms with Crippen molar-refractivity contribution in [1.82, 2.24) is 5.32 Å². The van der Waals surface area contributed by atoms with E-state index in [-0.39, 0.29) is 0 Å². The second-order valence-corrected chi connectivity index (χ2v) is 7.55. The SMILES string of the molecule is CC(C)CC1(CNCc2ccc(O)c(Br)c2)CCCC1. The van der Waals surface area contributed by atoms with Crippen LogP contribution in [0, 0.1) is 11.3 Å². The average molecular weight is 340 g/mol. The summed E-state index contributed by atoms with van der Waals surface area (Å²) in [5, 5.41) is 13.1. The summed E-state index contributed by atoms with van der Waals surface area (Å²) in [5.74, 6) is 1.08. The molecule has 1 fully saturated rings. The standard InChI is InChI=1S/C17H26BrNO/c1-13(2)10-17(7-3-4-8-17)12-19-11-14-5-6-16(20)15(18)9-14/h5-6,9,13,19-20H,3-4,7-8,10-12H2,1-2H3. The molecule has 0 saturated heterocycles. The second-order valence-electron chi connectivity index (χ2n) is 6.69. The van der Waals surface area contributed by atoms with Gasteiger partial charge in [0.25, 0.3) is 0 Å². The molecule has 2 N–H and O–H groups in total. The number of halogens is 1. The molecule has 2 rings (SSSR count). The molecule has 1 saturated carbocycles. The van der Waals surface area contributed by atoms with Gasteiger partial charge >= 0.3 is 0 Å². The highest BCUT2D eigenvalue weighted by Crippen LogP contribution is 2.42. The maximum Gasteiger partial charge on any atom is 0.129 e. The molecule has 0 atom stereocenters. The number of hydrogen-bond acceptors (Lipinski definition) is 2. The van der Waals surface area contributed by atoms with Crippen LogP contribution in [-0.4, -0.2) is 11.7 Å². The van der Waals surface area contributed by atoms with Gasteiger partial charge in [0.1, 0.15) is 5.75 Å². The minimum Gasteiger partial charge on any atom is -0.507 e. The summed E-state index contributed by atoms with van der Waals surface area (Å²) in [5.41, 5.74) is 1.73. The minimum absolute atomic E-state index is 0.306. The van der Waals surface area contributed by atoms with Crippen LogP contribution >= 0.6 is 15.9 Å². The van der Waals surface area contributed by atoms with Gasteiger partial charge in [-0.15, -0.1) is 0 Å². The number of phenols is 1. The maximum absolute atomic E-state index is 9.51. The molecule has 112 valence electrons. The molecule has 1 aliphatic carbocycles. The molecule has 0 heterocycles. The lowest BCUT2D eigenvalue weighted by molar-refractivity contribution is 0.223. The topological polar surface area (TPSA) is 32.3 Å². The molecule has 0 aliphatic heterocycles. The van der Waals surface area contributed by atoms with E-state index in [2.05, 4.69) is 35.1 Å². The Balaban J connectivity index is 1.88. The number of rotatable bonds is 6. The first-order chi connectivity index (χ1) is 9.51. The lowest BCUT2D eigenvalue weighted by atomic mass is 9.78. The van der Waals surface area contributed by atoms with Gasteiger partial charge in [-0.25, -0.2) is 0 Å². The van der Waals surface area contributed by atoms with Gasteiger partial charge in [-0.2, -0.15) is 0 Å². The van der Waals surface area contributed by atoms with Crippen LogP contribution in [0.2, 0.25) is 0 Å². The largest absolute Gasteiger partial charge is 0.507 e.